The predicted octanol–water partition coefficient (Wildman–Crippen LogP) is 0.639. The fourth-order valence-corrected chi connectivity index (χ4v) is 2.41. The summed E-state index contributed by atoms with van der Waals surface area (Å²) in [4.78, 5) is 2.02. The van der Waals surface area contributed by atoms with Gasteiger partial charge >= 0.3 is 0 Å². The molecule has 0 aliphatic carbocycles. The van der Waals surface area contributed by atoms with Crippen molar-refractivity contribution < 1.29 is 8.42 Å². The van der Waals surface area contributed by atoms with Crippen molar-refractivity contribution in [2.45, 2.75) is 18.6 Å². The van der Waals surface area contributed by atoms with Crippen molar-refractivity contribution in [3.63, 3.8) is 0 Å². The molecule has 1 atom stereocenters. The van der Waals surface area contributed by atoms with Crippen molar-refractivity contribution in [1.29, 1.82) is 0 Å². The first kappa shape index (κ1) is 9.58. The van der Waals surface area contributed by atoms with E-state index in [-0.39, 0.29) is 5.25 Å². The van der Waals surface area contributed by atoms with Crippen molar-refractivity contribution in [3.8, 4) is 0 Å². The van der Waals surface area contributed by atoms with Crippen LogP contribution in [-0.2, 0) is 9.84 Å². The van der Waals surface area contributed by atoms with E-state index >= 15 is 0 Å². The SMILES string of the molecule is C=C(C)N1CCC(S(C)(=O)=O)C1. The van der Waals surface area contributed by atoms with Gasteiger partial charge in [0.1, 0.15) is 0 Å². The van der Waals surface area contributed by atoms with Gasteiger partial charge in [-0.2, -0.15) is 0 Å². The first-order valence-electron chi connectivity index (χ1n) is 4.00. The molecule has 0 bridgehead atoms. The van der Waals surface area contributed by atoms with Crippen molar-refractivity contribution >= 4 is 9.84 Å². The number of hydrogen-bond donors (Lipinski definition) is 0. The minimum absolute atomic E-state index is 0.186. The molecule has 12 heavy (non-hydrogen) atoms. The summed E-state index contributed by atoms with van der Waals surface area (Å²) in [5.74, 6) is 0. The number of nitrogens with zero attached hydrogens (tertiary/aromatic N) is 1. The van der Waals surface area contributed by atoms with Gasteiger partial charge in [0.25, 0.3) is 0 Å². The predicted molar refractivity (Wildman–Crippen MR) is 49.6 cm³/mol. The van der Waals surface area contributed by atoms with Crippen molar-refractivity contribution in [1.82, 2.24) is 4.90 Å². The normalized spacial score (nSPS) is 24.5. The quantitative estimate of drug-likeness (QED) is 0.639. The van der Waals surface area contributed by atoms with Crippen LogP contribution in [0.3, 0.4) is 0 Å². The van der Waals surface area contributed by atoms with Gasteiger partial charge in [0.15, 0.2) is 9.84 Å². The molecule has 1 unspecified atom stereocenters. The smallest absolute Gasteiger partial charge is 0.152 e. The van der Waals surface area contributed by atoms with Crippen LogP contribution < -0.4 is 0 Å². The molecule has 1 aliphatic rings. The maximum Gasteiger partial charge on any atom is 0.152 e. The second kappa shape index (κ2) is 3.09. The molecular formula is C8H15NO2S. The van der Waals surface area contributed by atoms with E-state index < -0.39 is 9.84 Å². The second-order valence-electron chi connectivity index (χ2n) is 3.42. The summed E-state index contributed by atoms with van der Waals surface area (Å²) >= 11 is 0. The highest BCUT2D eigenvalue weighted by atomic mass is 32.2. The van der Waals surface area contributed by atoms with E-state index in [1.54, 1.807) is 0 Å². The average molecular weight is 189 g/mol. The Bertz CT molecular complexity index is 281. The van der Waals surface area contributed by atoms with E-state index in [4.69, 9.17) is 0 Å². The Balaban J connectivity index is 2.64. The molecule has 4 heteroatoms. The number of rotatable bonds is 2. The molecule has 1 fully saturated rings. The zero-order valence-corrected chi connectivity index (χ0v) is 8.39. The van der Waals surface area contributed by atoms with Gasteiger partial charge in [0.05, 0.1) is 5.25 Å². The Kier molecular flexibility index (Phi) is 2.46. The fourth-order valence-electron chi connectivity index (χ4n) is 1.42. The number of hydrogen-bond acceptors (Lipinski definition) is 3. The second-order valence-corrected chi connectivity index (χ2v) is 5.75. The molecule has 1 aliphatic heterocycles. The lowest BCUT2D eigenvalue weighted by Gasteiger charge is -2.17. The molecule has 0 radical (unpaired) electrons. The largest absolute Gasteiger partial charge is 0.374 e. The third-order valence-corrected chi connectivity index (χ3v) is 3.89. The molecule has 0 aromatic carbocycles. The number of allylic oxidation sites excluding steroid dienone is 1. The summed E-state index contributed by atoms with van der Waals surface area (Å²) < 4.78 is 22.3. The van der Waals surface area contributed by atoms with Crippen LogP contribution >= 0.6 is 0 Å². The van der Waals surface area contributed by atoms with Crippen LogP contribution in [0.25, 0.3) is 0 Å². The molecule has 0 saturated carbocycles. The van der Waals surface area contributed by atoms with Crippen LogP contribution in [0.15, 0.2) is 12.3 Å². The van der Waals surface area contributed by atoms with Crippen LogP contribution in [0.2, 0.25) is 0 Å². The molecule has 0 aromatic rings. The Morgan fingerprint density at radius 2 is 2.17 bits per heavy atom. The molecule has 0 amide bonds. The highest BCUT2D eigenvalue weighted by molar-refractivity contribution is 7.91. The van der Waals surface area contributed by atoms with Crippen LogP contribution in [-0.4, -0.2) is 37.9 Å². The molecule has 1 saturated heterocycles. The lowest BCUT2D eigenvalue weighted by atomic mass is 10.4. The zero-order chi connectivity index (χ0) is 9.35. The van der Waals surface area contributed by atoms with E-state index in [0.717, 1.165) is 18.7 Å². The van der Waals surface area contributed by atoms with Gasteiger partial charge < -0.3 is 4.90 Å². The summed E-state index contributed by atoms with van der Waals surface area (Å²) in [6.45, 7) is 7.14. The van der Waals surface area contributed by atoms with Crippen LogP contribution in [0.4, 0.5) is 0 Å². The molecular weight excluding hydrogens is 174 g/mol. The minimum Gasteiger partial charge on any atom is -0.374 e. The Morgan fingerprint density at radius 1 is 1.58 bits per heavy atom. The Hall–Kier alpha value is -0.510. The lowest BCUT2D eigenvalue weighted by molar-refractivity contribution is 0.429. The van der Waals surface area contributed by atoms with Crippen LogP contribution in [0.5, 0.6) is 0 Å². The number of likely N-dealkylation sites (tertiary alicyclic amines) is 1. The average Bonchev–Trinajstić information content (AvgIpc) is 2.30. The maximum absolute atomic E-state index is 11.1. The Labute approximate surface area is 74.0 Å². The molecule has 0 spiro atoms. The summed E-state index contributed by atoms with van der Waals surface area (Å²) in [6, 6.07) is 0. The van der Waals surface area contributed by atoms with Gasteiger partial charge in [-0.15, -0.1) is 0 Å². The molecule has 70 valence electrons. The molecule has 3 nitrogen and oxygen atoms in total. The van der Waals surface area contributed by atoms with Crippen molar-refractivity contribution in [3.05, 3.63) is 12.3 Å². The first-order chi connectivity index (χ1) is 5.41. The fraction of sp³-hybridized carbons (Fsp3) is 0.750. The molecule has 0 N–H and O–H groups in total. The van der Waals surface area contributed by atoms with E-state index in [9.17, 15) is 8.42 Å². The highest BCUT2D eigenvalue weighted by Gasteiger charge is 2.29. The summed E-state index contributed by atoms with van der Waals surface area (Å²) in [5, 5.41) is -0.186. The first-order valence-corrected chi connectivity index (χ1v) is 5.96. The standard InChI is InChI=1S/C8H15NO2S/c1-7(2)9-5-4-8(6-9)12(3,10)11/h8H,1,4-6H2,2-3H3. The summed E-state index contributed by atoms with van der Waals surface area (Å²) in [5.41, 5.74) is 0.959. The lowest BCUT2D eigenvalue weighted by Crippen LogP contribution is -2.24. The molecule has 0 aromatic heterocycles. The van der Waals surface area contributed by atoms with E-state index in [1.807, 2.05) is 11.8 Å². The van der Waals surface area contributed by atoms with E-state index in [1.165, 1.54) is 6.26 Å². The zero-order valence-electron chi connectivity index (χ0n) is 7.58. The van der Waals surface area contributed by atoms with Gasteiger partial charge in [-0.05, 0) is 13.3 Å². The summed E-state index contributed by atoms with van der Waals surface area (Å²) in [7, 11) is -2.85. The highest BCUT2D eigenvalue weighted by Crippen LogP contribution is 2.18. The van der Waals surface area contributed by atoms with Crippen LogP contribution in [0.1, 0.15) is 13.3 Å². The Morgan fingerprint density at radius 3 is 2.42 bits per heavy atom. The van der Waals surface area contributed by atoms with Crippen molar-refractivity contribution in [2.75, 3.05) is 19.3 Å². The van der Waals surface area contributed by atoms with Gasteiger partial charge in [-0.1, -0.05) is 6.58 Å². The van der Waals surface area contributed by atoms with Gasteiger partial charge in [0, 0.05) is 25.0 Å². The van der Waals surface area contributed by atoms with Gasteiger partial charge in [-0.3, -0.25) is 0 Å². The van der Waals surface area contributed by atoms with E-state index in [2.05, 4.69) is 6.58 Å². The van der Waals surface area contributed by atoms with Gasteiger partial charge in [-0.25, -0.2) is 8.42 Å². The van der Waals surface area contributed by atoms with Crippen molar-refractivity contribution in [2.24, 2.45) is 0 Å². The third-order valence-electron chi connectivity index (χ3n) is 2.29. The maximum atomic E-state index is 11.1. The van der Waals surface area contributed by atoms with Crippen LogP contribution in [0, 0.1) is 0 Å². The third kappa shape index (κ3) is 2.00. The molecule has 1 rings (SSSR count). The van der Waals surface area contributed by atoms with E-state index in [0.29, 0.717) is 6.54 Å². The molecule has 1 heterocycles. The van der Waals surface area contributed by atoms with Gasteiger partial charge in [0.2, 0.25) is 0 Å². The monoisotopic (exact) mass is 189 g/mol. The topological polar surface area (TPSA) is 37.4 Å². The number of sulfone groups is 1. The summed E-state index contributed by atoms with van der Waals surface area (Å²) in [6.07, 6.45) is 2.05. The minimum atomic E-state index is -2.85.